The monoisotopic (exact) mass is 207 g/mol. The van der Waals surface area contributed by atoms with Gasteiger partial charge in [0.1, 0.15) is 5.75 Å². The second-order valence-electron chi connectivity index (χ2n) is 2.82. The van der Waals surface area contributed by atoms with E-state index in [1.54, 1.807) is 13.2 Å². The number of urea groups is 1. The predicted molar refractivity (Wildman–Crippen MR) is 57.9 cm³/mol. The molecule has 0 saturated heterocycles. The maximum atomic E-state index is 10.4. The van der Waals surface area contributed by atoms with Crippen molar-refractivity contribution in [2.24, 2.45) is 5.73 Å². The summed E-state index contributed by atoms with van der Waals surface area (Å²) in [4.78, 5) is 10.4. The average molecular weight is 207 g/mol. The summed E-state index contributed by atoms with van der Waals surface area (Å²) in [5, 5.41) is 0. The molecule has 0 fully saturated rings. The van der Waals surface area contributed by atoms with E-state index in [1.807, 2.05) is 18.2 Å². The molecule has 5 heteroatoms. The minimum atomic E-state index is -0.668. The van der Waals surface area contributed by atoms with Crippen molar-refractivity contribution in [2.45, 2.75) is 0 Å². The van der Waals surface area contributed by atoms with E-state index in [0.717, 1.165) is 11.3 Å². The minimum absolute atomic E-state index is 0.535. The molecule has 0 aliphatic heterocycles. The number of amides is 2. The molecule has 1 rings (SSSR count). The number of carbonyl (C=O) groups excluding carboxylic acids is 1. The molecular weight excluding hydrogens is 194 g/mol. The third-order valence-electron chi connectivity index (χ3n) is 1.75. The van der Waals surface area contributed by atoms with E-state index >= 15 is 0 Å². The number of carbonyl (C=O) groups is 1. The summed E-state index contributed by atoms with van der Waals surface area (Å²) in [5.41, 5.74) is 11.0. The van der Waals surface area contributed by atoms with Crippen LogP contribution >= 0.6 is 0 Å². The van der Waals surface area contributed by atoms with Gasteiger partial charge in [-0.3, -0.25) is 10.9 Å². The third-order valence-corrected chi connectivity index (χ3v) is 1.75. The maximum absolute atomic E-state index is 10.4. The molecule has 0 aliphatic rings. The number of hydrazine groups is 1. The number of methoxy groups -OCH3 is 1. The van der Waals surface area contributed by atoms with Crippen LogP contribution in [0.2, 0.25) is 0 Å². The lowest BCUT2D eigenvalue weighted by Crippen LogP contribution is -2.39. The van der Waals surface area contributed by atoms with Crippen LogP contribution in [0.4, 0.5) is 4.79 Å². The van der Waals surface area contributed by atoms with Gasteiger partial charge in [-0.05, 0) is 12.1 Å². The van der Waals surface area contributed by atoms with Crippen molar-refractivity contribution in [3.63, 3.8) is 0 Å². The van der Waals surface area contributed by atoms with Crippen molar-refractivity contribution >= 4 is 11.7 Å². The van der Waals surface area contributed by atoms with Crippen LogP contribution in [0.1, 0.15) is 5.56 Å². The van der Waals surface area contributed by atoms with Gasteiger partial charge in [-0.2, -0.15) is 0 Å². The van der Waals surface area contributed by atoms with Crippen molar-refractivity contribution in [2.75, 3.05) is 7.11 Å². The van der Waals surface area contributed by atoms with Crippen molar-refractivity contribution in [3.05, 3.63) is 36.4 Å². The van der Waals surface area contributed by atoms with Gasteiger partial charge in [0.2, 0.25) is 0 Å². The van der Waals surface area contributed by atoms with E-state index in [0.29, 0.717) is 5.70 Å². The van der Waals surface area contributed by atoms with E-state index in [9.17, 15) is 4.79 Å². The molecule has 0 aromatic heterocycles. The second kappa shape index (κ2) is 4.90. The number of ether oxygens (including phenoxy) is 1. The number of nitrogens with one attached hydrogen (secondary N) is 2. The zero-order valence-corrected chi connectivity index (χ0v) is 8.41. The lowest BCUT2D eigenvalue weighted by Gasteiger charge is -2.10. The molecule has 15 heavy (non-hydrogen) atoms. The molecule has 4 N–H and O–H groups in total. The molecule has 0 heterocycles. The molecule has 80 valence electrons. The normalized spacial score (nSPS) is 9.13. The first-order valence-corrected chi connectivity index (χ1v) is 4.28. The number of benzene rings is 1. The minimum Gasteiger partial charge on any atom is -0.497 e. The van der Waals surface area contributed by atoms with Gasteiger partial charge in [0, 0.05) is 5.56 Å². The molecule has 0 unspecified atom stereocenters. The Hall–Kier alpha value is -2.17. The molecule has 5 nitrogen and oxygen atoms in total. The first kappa shape index (κ1) is 10.9. The Bertz CT molecular complexity index is 377. The summed E-state index contributed by atoms with van der Waals surface area (Å²) >= 11 is 0. The molecular formula is C10H13N3O2. The quantitative estimate of drug-likeness (QED) is 0.640. The van der Waals surface area contributed by atoms with Gasteiger partial charge in [0.15, 0.2) is 0 Å². The molecule has 0 aliphatic carbocycles. The van der Waals surface area contributed by atoms with Crippen LogP contribution in [0, 0.1) is 0 Å². The van der Waals surface area contributed by atoms with Crippen molar-refractivity contribution in [3.8, 4) is 5.75 Å². The van der Waals surface area contributed by atoms with Crippen LogP contribution in [-0.2, 0) is 0 Å². The molecule has 0 bridgehead atoms. The molecule has 1 aromatic rings. The Morgan fingerprint density at radius 2 is 2.20 bits per heavy atom. The Kier molecular flexibility index (Phi) is 3.56. The van der Waals surface area contributed by atoms with Crippen LogP contribution in [0.15, 0.2) is 30.8 Å². The standard InChI is InChI=1S/C10H13N3O2/c1-7(12-13-10(11)14)8-4-3-5-9(6-8)15-2/h3-6,12H,1H2,2H3,(H3,11,13,14). The highest BCUT2D eigenvalue weighted by Crippen LogP contribution is 2.16. The zero-order chi connectivity index (χ0) is 11.3. The first-order valence-electron chi connectivity index (χ1n) is 4.28. The van der Waals surface area contributed by atoms with Gasteiger partial charge in [0.25, 0.3) is 0 Å². The summed E-state index contributed by atoms with van der Waals surface area (Å²) in [5.74, 6) is 0.717. The van der Waals surface area contributed by atoms with Gasteiger partial charge < -0.3 is 10.5 Å². The number of rotatable bonds is 4. The largest absolute Gasteiger partial charge is 0.497 e. The Morgan fingerprint density at radius 1 is 1.47 bits per heavy atom. The fourth-order valence-corrected chi connectivity index (χ4v) is 1.02. The van der Waals surface area contributed by atoms with Gasteiger partial charge in [-0.1, -0.05) is 18.7 Å². The first-order chi connectivity index (χ1) is 7.13. The van der Waals surface area contributed by atoms with Crippen molar-refractivity contribution in [1.29, 1.82) is 0 Å². The van der Waals surface area contributed by atoms with Gasteiger partial charge in [-0.25, -0.2) is 4.79 Å². The van der Waals surface area contributed by atoms with Crippen LogP contribution < -0.4 is 21.3 Å². The number of hydrogen-bond acceptors (Lipinski definition) is 3. The van der Waals surface area contributed by atoms with Crippen LogP contribution in [0.3, 0.4) is 0 Å². The number of primary amides is 1. The summed E-state index contributed by atoms with van der Waals surface area (Å²) in [6.07, 6.45) is 0. The lowest BCUT2D eigenvalue weighted by molar-refractivity contribution is 0.247. The Balaban J connectivity index is 2.69. The fraction of sp³-hybridized carbons (Fsp3) is 0.100. The van der Waals surface area contributed by atoms with Gasteiger partial charge >= 0.3 is 6.03 Å². The van der Waals surface area contributed by atoms with Gasteiger partial charge in [0.05, 0.1) is 12.8 Å². The lowest BCUT2D eigenvalue weighted by atomic mass is 10.2. The molecule has 0 spiro atoms. The predicted octanol–water partition coefficient (Wildman–Crippen LogP) is 0.839. The van der Waals surface area contributed by atoms with Crippen LogP contribution in [0.25, 0.3) is 5.70 Å². The second-order valence-corrected chi connectivity index (χ2v) is 2.82. The highest BCUT2D eigenvalue weighted by atomic mass is 16.5. The van der Waals surface area contributed by atoms with Crippen LogP contribution in [0.5, 0.6) is 5.75 Å². The van der Waals surface area contributed by atoms with E-state index in [-0.39, 0.29) is 0 Å². The highest BCUT2D eigenvalue weighted by Gasteiger charge is 2.00. The average Bonchev–Trinajstić information content (AvgIpc) is 2.26. The van der Waals surface area contributed by atoms with E-state index < -0.39 is 6.03 Å². The Labute approximate surface area is 87.9 Å². The summed E-state index contributed by atoms with van der Waals surface area (Å²) in [6, 6.07) is 6.60. The number of nitrogens with two attached hydrogens (primary N) is 1. The molecule has 0 saturated carbocycles. The zero-order valence-electron chi connectivity index (χ0n) is 8.41. The SMILES string of the molecule is C=C(NNC(N)=O)c1cccc(OC)c1. The third kappa shape index (κ3) is 3.22. The van der Waals surface area contributed by atoms with Crippen LogP contribution in [-0.4, -0.2) is 13.1 Å². The van der Waals surface area contributed by atoms with E-state index in [1.165, 1.54) is 0 Å². The topological polar surface area (TPSA) is 76.4 Å². The van der Waals surface area contributed by atoms with Gasteiger partial charge in [-0.15, -0.1) is 0 Å². The highest BCUT2D eigenvalue weighted by molar-refractivity contribution is 5.73. The molecule has 0 radical (unpaired) electrons. The molecule has 0 atom stereocenters. The summed E-state index contributed by atoms with van der Waals surface area (Å²) < 4.78 is 5.05. The molecule has 2 amide bonds. The number of hydrogen-bond donors (Lipinski definition) is 3. The maximum Gasteiger partial charge on any atom is 0.330 e. The summed E-state index contributed by atoms with van der Waals surface area (Å²) in [6.45, 7) is 3.74. The van der Waals surface area contributed by atoms with Crippen molar-refractivity contribution in [1.82, 2.24) is 10.9 Å². The molecule has 1 aromatic carbocycles. The summed E-state index contributed by atoms with van der Waals surface area (Å²) in [7, 11) is 1.58. The fourth-order valence-electron chi connectivity index (χ4n) is 1.02. The van der Waals surface area contributed by atoms with E-state index in [4.69, 9.17) is 10.5 Å². The van der Waals surface area contributed by atoms with Crippen molar-refractivity contribution < 1.29 is 9.53 Å². The smallest absolute Gasteiger partial charge is 0.330 e. The Morgan fingerprint density at radius 3 is 2.80 bits per heavy atom. The van der Waals surface area contributed by atoms with E-state index in [2.05, 4.69) is 17.4 Å².